The number of nitrogens with zero attached hydrogens (tertiary/aromatic N) is 1. The van der Waals surface area contributed by atoms with Gasteiger partial charge in [0.05, 0.1) is 0 Å². The summed E-state index contributed by atoms with van der Waals surface area (Å²) in [6.45, 7) is 0.607. The predicted octanol–water partition coefficient (Wildman–Crippen LogP) is 3.49. The van der Waals surface area contributed by atoms with E-state index >= 15 is 0 Å². The van der Waals surface area contributed by atoms with E-state index in [1.165, 1.54) is 5.01 Å². The minimum Gasteiger partial charge on any atom is -0.357 e. The summed E-state index contributed by atoms with van der Waals surface area (Å²) >= 11 is 5.32. The molecular weight excluding hydrogens is 330 g/mol. The van der Waals surface area contributed by atoms with E-state index in [0.717, 1.165) is 16.3 Å². The van der Waals surface area contributed by atoms with E-state index in [2.05, 4.69) is 10.7 Å². The molecule has 0 fully saturated rings. The second-order valence-electron chi connectivity index (χ2n) is 5.71. The number of amides is 1. The molecule has 4 nitrogen and oxygen atoms in total. The van der Waals surface area contributed by atoms with Crippen LogP contribution < -0.4 is 10.7 Å². The molecule has 2 N–H and O–H groups in total. The van der Waals surface area contributed by atoms with Gasteiger partial charge in [0, 0.05) is 19.2 Å². The number of hydrogen-bond donors (Lipinski definition) is 2. The van der Waals surface area contributed by atoms with E-state index in [0.29, 0.717) is 17.2 Å². The van der Waals surface area contributed by atoms with Crippen molar-refractivity contribution in [2.75, 3.05) is 7.05 Å². The first kappa shape index (κ1) is 16.9. The molecule has 0 spiro atoms. The molecule has 0 bridgehead atoms. The fraction of sp³-hybridized carbons (Fsp3) is 0.100. The lowest BCUT2D eigenvalue weighted by Crippen LogP contribution is -2.47. The minimum absolute atomic E-state index is 0.197. The molecule has 0 aliphatic rings. The third-order valence-corrected chi connectivity index (χ3v) is 4.29. The summed E-state index contributed by atoms with van der Waals surface area (Å²) in [6, 6.07) is 23.5. The zero-order valence-electron chi connectivity index (χ0n) is 13.9. The molecule has 0 heterocycles. The lowest BCUT2D eigenvalue weighted by atomic mass is 10.1. The maximum Gasteiger partial charge on any atom is 0.269 e. The Balaban J connectivity index is 1.59. The Kier molecular flexibility index (Phi) is 5.26. The molecule has 0 aliphatic heterocycles. The quantitative estimate of drug-likeness (QED) is 0.561. The molecule has 0 saturated heterocycles. The molecule has 3 aromatic carbocycles. The molecule has 0 aliphatic carbocycles. The largest absolute Gasteiger partial charge is 0.357 e. The Hall–Kier alpha value is -2.92. The van der Waals surface area contributed by atoms with Crippen LogP contribution in [0.25, 0.3) is 10.8 Å². The maximum absolute atomic E-state index is 12.4. The lowest BCUT2D eigenvalue weighted by Gasteiger charge is -2.22. The van der Waals surface area contributed by atoms with Gasteiger partial charge in [-0.15, -0.1) is 0 Å². The molecule has 1 amide bonds. The summed E-state index contributed by atoms with van der Waals surface area (Å²) in [5.41, 5.74) is 4.51. The number of hydrogen-bond acceptors (Lipinski definition) is 2. The van der Waals surface area contributed by atoms with E-state index in [9.17, 15) is 4.79 Å². The zero-order chi connectivity index (χ0) is 17.6. The summed E-state index contributed by atoms with van der Waals surface area (Å²) in [6.07, 6.45) is 0. The standard InChI is InChI=1S/C20H19N3OS/c1-23(20(25)21-14-15-7-3-2-4-8-15)22-19(24)18-12-11-16-9-5-6-10-17(16)13-18/h2-13H,14H2,1H3,(H,21,25)(H,22,24). The number of fused-ring (bicyclic) bond motifs is 1. The van der Waals surface area contributed by atoms with Gasteiger partial charge >= 0.3 is 0 Å². The van der Waals surface area contributed by atoms with Gasteiger partial charge in [-0.25, -0.2) is 0 Å². The smallest absolute Gasteiger partial charge is 0.269 e. The Bertz CT molecular complexity index is 896. The van der Waals surface area contributed by atoms with Gasteiger partial charge in [0.15, 0.2) is 5.11 Å². The first-order valence-electron chi connectivity index (χ1n) is 7.99. The van der Waals surface area contributed by atoms with E-state index in [1.54, 1.807) is 7.05 Å². The molecule has 0 unspecified atom stereocenters. The van der Waals surface area contributed by atoms with Crippen LogP contribution >= 0.6 is 12.2 Å². The van der Waals surface area contributed by atoms with Crippen molar-refractivity contribution in [2.45, 2.75) is 6.54 Å². The monoisotopic (exact) mass is 349 g/mol. The van der Waals surface area contributed by atoms with Crippen LogP contribution in [0, 0.1) is 0 Å². The van der Waals surface area contributed by atoms with E-state index in [4.69, 9.17) is 12.2 Å². The molecule has 3 aromatic rings. The number of hydrazine groups is 1. The summed E-state index contributed by atoms with van der Waals surface area (Å²) in [5, 5.41) is 7.24. The summed E-state index contributed by atoms with van der Waals surface area (Å²) in [5.74, 6) is -0.197. The van der Waals surface area contributed by atoms with Crippen LogP contribution in [-0.4, -0.2) is 23.1 Å². The van der Waals surface area contributed by atoms with Crippen molar-refractivity contribution >= 4 is 34.0 Å². The molecule has 5 heteroatoms. The van der Waals surface area contributed by atoms with E-state index in [-0.39, 0.29) is 5.91 Å². The molecule has 25 heavy (non-hydrogen) atoms. The molecular formula is C20H19N3OS. The van der Waals surface area contributed by atoms with Gasteiger partial charge < -0.3 is 5.32 Å². The lowest BCUT2D eigenvalue weighted by molar-refractivity contribution is 0.0886. The van der Waals surface area contributed by atoms with Crippen LogP contribution in [0.1, 0.15) is 15.9 Å². The average molecular weight is 349 g/mol. The van der Waals surface area contributed by atoms with Crippen molar-refractivity contribution in [3.05, 3.63) is 83.9 Å². The number of carbonyl (C=O) groups excluding carboxylic acids is 1. The topological polar surface area (TPSA) is 44.4 Å². The van der Waals surface area contributed by atoms with Crippen molar-refractivity contribution in [1.82, 2.24) is 15.8 Å². The van der Waals surface area contributed by atoms with Gasteiger partial charge in [0.2, 0.25) is 0 Å². The molecule has 3 rings (SSSR count). The van der Waals surface area contributed by atoms with E-state index < -0.39 is 0 Å². The van der Waals surface area contributed by atoms with Crippen molar-refractivity contribution in [2.24, 2.45) is 0 Å². The summed E-state index contributed by atoms with van der Waals surface area (Å²) in [7, 11) is 1.72. The van der Waals surface area contributed by atoms with Crippen molar-refractivity contribution in [1.29, 1.82) is 0 Å². The summed E-state index contributed by atoms with van der Waals surface area (Å²) < 4.78 is 0. The maximum atomic E-state index is 12.4. The Labute approximate surface area is 152 Å². The number of thiocarbonyl (C=S) groups is 1. The molecule has 0 atom stereocenters. The van der Waals surface area contributed by atoms with Crippen molar-refractivity contribution in [3.8, 4) is 0 Å². The second kappa shape index (κ2) is 7.77. The van der Waals surface area contributed by atoms with Crippen molar-refractivity contribution in [3.63, 3.8) is 0 Å². The number of rotatable bonds is 3. The Morgan fingerprint density at radius 3 is 2.40 bits per heavy atom. The molecule has 126 valence electrons. The SMILES string of the molecule is CN(NC(=O)c1ccc2ccccc2c1)C(=S)NCc1ccccc1. The highest BCUT2D eigenvalue weighted by Gasteiger charge is 2.11. The third kappa shape index (κ3) is 4.33. The first-order valence-corrected chi connectivity index (χ1v) is 8.39. The van der Waals surface area contributed by atoms with Gasteiger partial charge in [-0.05, 0) is 40.7 Å². The van der Waals surface area contributed by atoms with Gasteiger partial charge in [-0.2, -0.15) is 0 Å². The average Bonchev–Trinajstić information content (AvgIpc) is 2.66. The fourth-order valence-electron chi connectivity index (χ4n) is 2.49. The second-order valence-corrected chi connectivity index (χ2v) is 6.09. The zero-order valence-corrected chi connectivity index (χ0v) is 14.7. The molecule has 0 saturated carbocycles. The highest BCUT2D eigenvalue weighted by Crippen LogP contribution is 2.15. The third-order valence-electron chi connectivity index (χ3n) is 3.87. The number of carbonyl (C=O) groups is 1. The highest BCUT2D eigenvalue weighted by molar-refractivity contribution is 7.80. The summed E-state index contributed by atoms with van der Waals surface area (Å²) in [4.78, 5) is 12.4. The van der Waals surface area contributed by atoms with Crippen LogP contribution in [0.15, 0.2) is 72.8 Å². The molecule has 0 aromatic heterocycles. The van der Waals surface area contributed by atoms with Crippen LogP contribution in [0.2, 0.25) is 0 Å². The van der Waals surface area contributed by atoms with Crippen LogP contribution in [0.3, 0.4) is 0 Å². The number of benzene rings is 3. The minimum atomic E-state index is -0.197. The van der Waals surface area contributed by atoms with Crippen molar-refractivity contribution < 1.29 is 4.79 Å². The normalized spacial score (nSPS) is 10.3. The predicted molar refractivity (Wildman–Crippen MR) is 105 cm³/mol. The van der Waals surface area contributed by atoms with Gasteiger partial charge in [0.25, 0.3) is 5.91 Å². The highest BCUT2D eigenvalue weighted by atomic mass is 32.1. The van der Waals surface area contributed by atoms with Crippen LogP contribution in [0.4, 0.5) is 0 Å². The van der Waals surface area contributed by atoms with E-state index in [1.807, 2.05) is 72.8 Å². The van der Waals surface area contributed by atoms with Crippen LogP contribution in [-0.2, 0) is 6.54 Å². The first-order chi connectivity index (χ1) is 12.1. The van der Waals surface area contributed by atoms with Gasteiger partial charge in [-0.3, -0.25) is 15.2 Å². The number of nitrogens with one attached hydrogen (secondary N) is 2. The Morgan fingerprint density at radius 2 is 1.64 bits per heavy atom. The Morgan fingerprint density at radius 1 is 0.960 bits per heavy atom. The molecule has 0 radical (unpaired) electrons. The van der Waals surface area contributed by atoms with Crippen LogP contribution in [0.5, 0.6) is 0 Å². The fourth-order valence-corrected chi connectivity index (χ4v) is 2.61. The van der Waals surface area contributed by atoms with Gasteiger partial charge in [-0.1, -0.05) is 60.7 Å². The van der Waals surface area contributed by atoms with Gasteiger partial charge in [0.1, 0.15) is 0 Å².